The number of hydrogen-bond donors (Lipinski definition) is 3. The van der Waals surface area contributed by atoms with E-state index in [-0.39, 0.29) is 5.91 Å². The molecule has 0 saturated carbocycles. The summed E-state index contributed by atoms with van der Waals surface area (Å²) in [6, 6.07) is 6.96. The summed E-state index contributed by atoms with van der Waals surface area (Å²) in [5.74, 6) is 4.66. The Morgan fingerprint density at radius 2 is 1.92 bits per heavy atom. The molecule has 1 amide bonds. The molecule has 0 radical (unpaired) electrons. The fourth-order valence-electron chi connectivity index (χ4n) is 0.876. The molecule has 1 aromatic rings. The monoisotopic (exact) mass is 165 g/mol. The molecule has 1 aromatic carbocycles. The molecule has 64 valence electrons. The van der Waals surface area contributed by atoms with Crippen molar-refractivity contribution < 1.29 is 4.79 Å². The molecule has 0 saturated heterocycles. The summed E-state index contributed by atoms with van der Waals surface area (Å²) in [7, 11) is 0. The maximum absolute atomic E-state index is 10.9. The SMILES string of the molecule is NCc1ccc(C(=O)NN)cc1. The zero-order valence-electron chi connectivity index (χ0n) is 6.58. The highest BCUT2D eigenvalue weighted by Crippen LogP contribution is 2.02. The number of carbonyl (C=O) groups is 1. The molecule has 0 heterocycles. The first-order chi connectivity index (χ1) is 5.77. The Balaban J connectivity index is 2.84. The third kappa shape index (κ3) is 1.81. The van der Waals surface area contributed by atoms with Crippen LogP contribution in [0.5, 0.6) is 0 Å². The lowest BCUT2D eigenvalue weighted by Crippen LogP contribution is -2.29. The summed E-state index contributed by atoms with van der Waals surface area (Å²) in [6.07, 6.45) is 0. The minimum absolute atomic E-state index is 0.293. The van der Waals surface area contributed by atoms with Gasteiger partial charge in [-0.05, 0) is 17.7 Å². The molecule has 12 heavy (non-hydrogen) atoms. The summed E-state index contributed by atoms with van der Waals surface area (Å²) in [6.45, 7) is 0.477. The van der Waals surface area contributed by atoms with Crippen molar-refractivity contribution in [2.45, 2.75) is 6.54 Å². The van der Waals surface area contributed by atoms with Crippen LogP contribution in [-0.4, -0.2) is 5.91 Å². The molecular weight excluding hydrogens is 154 g/mol. The number of hydrazine groups is 1. The minimum Gasteiger partial charge on any atom is -0.326 e. The summed E-state index contributed by atoms with van der Waals surface area (Å²) in [4.78, 5) is 10.9. The third-order valence-corrected chi connectivity index (χ3v) is 1.58. The molecule has 4 nitrogen and oxygen atoms in total. The molecule has 0 aliphatic heterocycles. The highest BCUT2D eigenvalue weighted by molar-refractivity contribution is 5.93. The van der Waals surface area contributed by atoms with Gasteiger partial charge in [0.2, 0.25) is 0 Å². The highest BCUT2D eigenvalue weighted by Gasteiger charge is 2.00. The largest absolute Gasteiger partial charge is 0.326 e. The minimum atomic E-state index is -0.293. The Kier molecular flexibility index (Phi) is 2.79. The van der Waals surface area contributed by atoms with Gasteiger partial charge in [-0.15, -0.1) is 0 Å². The van der Waals surface area contributed by atoms with Gasteiger partial charge in [-0.3, -0.25) is 10.2 Å². The fourth-order valence-corrected chi connectivity index (χ4v) is 0.876. The van der Waals surface area contributed by atoms with Crippen molar-refractivity contribution in [2.24, 2.45) is 11.6 Å². The van der Waals surface area contributed by atoms with Gasteiger partial charge in [0.1, 0.15) is 0 Å². The summed E-state index contributed by atoms with van der Waals surface area (Å²) in [5.41, 5.74) is 8.96. The lowest BCUT2D eigenvalue weighted by atomic mass is 10.1. The Labute approximate surface area is 70.5 Å². The van der Waals surface area contributed by atoms with Crippen molar-refractivity contribution in [3.63, 3.8) is 0 Å². The second kappa shape index (κ2) is 3.85. The second-order valence-corrected chi connectivity index (χ2v) is 2.37. The second-order valence-electron chi connectivity index (χ2n) is 2.37. The predicted molar refractivity (Wildman–Crippen MR) is 46.0 cm³/mol. The van der Waals surface area contributed by atoms with E-state index >= 15 is 0 Å². The van der Waals surface area contributed by atoms with E-state index in [0.717, 1.165) is 5.56 Å². The Morgan fingerprint density at radius 1 is 1.33 bits per heavy atom. The first-order valence-corrected chi connectivity index (χ1v) is 3.58. The lowest BCUT2D eigenvalue weighted by Gasteiger charge is -2.00. The van der Waals surface area contributed by atoms with Crippen LogP contribution in [0.25, 0.3) is 0 Å². The van der Waals surface area contributed by atoms with Crippen molar-refractivity contribution in [2.75, 3.05) is 0 Å². The van der Waals surface area contributed by atoms with Crippen molar-refractivity contribution in [1.82, 2.24) is 5.43 Å². The molecule has 0 fully saturated rings. The van der Waals surface area contributed by atoms with Crippen LogP contribution >= 0.6 is 0 Å². The first-order valence-electron chi connectivity index (χ1n) is 3.58. The molecular formula is C8H11N3O. The molecule has 0 atom stereocenters. The maximum Gasteiger partial charge on any atom is 0.265 e. The van der Waals surface area contributed by atoms with Gasteiger partial charge in [-0.1, -0.05) is 12.1 Å². The van der Waals surface area contributed by atoms with Gasteiger partial charge in [0.25, 0.3) is 5.91 Å². The van der Waals surface area contributed by atoms with Gasteiger partial charge in [0.05, 0.1) is 0 Å². The van der Waals surface area contributed by atoms with E-state index in [1.54, 1.807) is 24.3 Å². The number of rotatable bonds is 2. The molecule has 0 spiro atoms. The van der Waals surface area contributed by atoms with E-state index in [0.29, 0.717) is 12.1 Å². The normalized spacial score (nSPS) is 9.50. The molecule has 0 unspecified atom stereocenters. The van der Waals surface area contributed by atoms with Crippen molar-refractivity contribution in [3.8, 4) is 0 Å². The van der Waals surface area contributed by atoms with Crippen LogP contribution in [0.4, 0.5) is 0 Å². The number of carbonyl (C=O) groups excluding carboxylic acids is 1. The lowest BCUT2D eigenvalue weighted by molar-refractivity contribution is 0.0953. The molecule has 0 aliphatic carbocycles. The van der Waals surface area contributed by atoms with Gasteiger partial charge >= 0.3 is 0 Å². The van der Waals surface area contributed by atoms with E-state index in [1.165, 1.54) is 0 Å². The van der Waals surface area contributed by atoms with E-state index in [2.05, 4.69) is 0 Å². The molecule has 0 bridgehead atoms. The standard InChI is InChI=1S/C8H11N3O/c9-5-6-1-3-7(4-2-6)8(12)11-10/h1-4H,5,9-10H2,(H,11,12). The summed E-state index contributed by atoms with van der Waals surface area (Å²) in [5, 5.41) is 0. The number of nitrogens with two attached hydrogens (primary N) is 2. The van der Waals surface area contributed by atoms with Crippen LogP contribution in [0, 0.1) is 0 Å². The van der Waals surface area contributed by atoms with Crippen LogP contribution in [0.15, 0.2) is 24.3 Å². The predicted octanol–water partition coefficient (Wildman–Crippen LogP) is -0.251. The summed E-state index contributed by atoms with van der Waals surface area (Å²) < 4.78 is 0. The average Bonchev–Trinajstić information content (AvgIpc) is 2.17. The van der Waals surface area contributed by atoms with Crippen molar-refractivity contribution in [1.29, 1.82) is 0 Å². The smallest absolute Gasteiger partial charge is 0.265 e. The van der Waals surface area contributed by atoms with Gasteiger partial charge in [0, 0.05) is 12.1 Å². The molecule has 4 heteroatoms. The van der Waals surface area contributed by atoms with Crippen LogP contribution in [-0.2, 0) is 6.54 Å². The fraction of sp³-hybridized carbons (Fsp3) is 0.125. The molecule has 5 N–H and O–H groups in total. The zero-order chi connectivity index (χ0) is 8.97. The van der Waals surface area contributed by atoms with Gasteiger partial charge in [-0.25, -0.2) is 5.84 Å². The van der Waals surface area contributed by atoms with Crippen LogP contribution in [0.2, 0.25) is 0 Å². The van der Waals surface area contributed by atoms with Gasteiger partial charge < -0.3 is 5.73 Å². The number of nitrogen functional groups attached to an aromatic ring is 1. The number of hydrogen-bond acceptors (Lipinski definition) is 3. The van der Waals surface area contributed by atoms with Crippen LogP contribution in [0.3, 0.4) is 0 Å². The molecule has 0 aromatic heterocycles. The van der Waals surface area contributed by atoms with E-state index in [1.807, 2.05) is 5.43 Å². The van der Waals surface area contributed by atoms with Crippen molar-refractivity contribution >= 4 is 5.91 Å². The molecule has 0 aliphatic rings. The Bertz CT molecular complexity index is 268. The Morgan fingerprint density at radius 3 is 2.33 bits per heavy atom. The van der Waals surface area contributed by atoms with Crippen LogP contribution < -0.4 is 17.0 Å². The topological polar surface area (TPSA) is 81.1 Å². The first kappa shape index (κ1) is 8.70. The number of nitrogens with one attached hydrogen (secondary N) is 1. The summed E-state index contributed by atoms with van der Waals surface area (Å²) >= 11 is 0. The number of amides is 1. The van der Waals surface area contributed by atoms with E-state index in [9.17, 15) is 4.79 Å². The maximum atomic E-state index is 10.9. The van der Waals surface area contributed by atoms with Gasteiger partial charge in [0.15, 0.2) is 0 Å². The third-order valence-electron chi connectivity index (χ3n) is 1.58. The Hall–Kier alpha value is -1.39. The average molecular weight is 165 g/mol. The quantitative estimate of drug-likeness (QED) is 0.321. The van der Waals surface area contributed by atoms with Gasteiger partial charge in [-0.2, -0.15) is 0 Å². The zero-order valence-corrected chi connectivity index (χ0v) is 6.58. The highest BCUT2D eigenvalue weighted by atomic mass is 16.2. The van der Waals surface area contributed by atoms with Crippen molar-refractivity contribution in [3.05, 3.63) is 35.4 Å². The molecule has 1 rings (SSSR count). The van der Waals surface area contributed by atoms with E-state index in [4.69, 9.17) is 11.6 Å². The number of benzene rings is 1. The van der Waals surface area contributed by atoms with E-state index < -0.39 is 0 Å². The van der Waals surface area contributed by atoms with Crippen LogP contribution in [0.1, 0.15) is 15.9 Å².